The molecule has 176 valence electrons. The molecule has 4 aromatic heterocycles. The first-order valence-corrected chi connectivity index (χ1v) is 13.7. The molecule has 0 N–H and O–H groups in total. The van der Waals surface area contributed by atoms with Crippen LogP contribution in [0.2, 0.25) is 0 Å². The van der Waals surface area contributed by atoms with E-state index in [9.17, 15) is 0 Å². The second-order valence-corrected chi connectivity index (χ2v) is 10.9. The molecule has 0 atom stereocenters. The molecule has 0 bridgehead atoms. The number of hydrogen-bond donors (Lipinski definition) is 0. The third-order valence-corrected chi connectivity index (χ3v) is 8.58. The largest absolute Gasteiger partial charge is 0.536 e. The molecule has 0 aliphatic rings. The molecule has 4 heterocycles. The maximum atomic E-state index is 6.91. The van der Waals surface area contributed by atoms with E-state index in [0.29, 0.717) is 11.7 Å². The molecule has 0 saturated carbocycles. The molecule has 7 aromatic rings. The Morgan fingerprint density at radius 2 is 1.27 bits per heavy atom. The highest BCUT2D eigenvalue weighted by Crippen LogP contribution is 2.28. The summed E-state index contributed by atoms with van der Waals surface area (Å²) in [7, 11) is 0. The maximum absolute atomic E-state index is 6.91. The lowest BCUT2D eigenvalue weighted by Crippen LogP contribution is -2.45. The van der Waals surface area contributed by atoms with E-state index in [1.807, 2.05) is 42.5 Å². The number of fused-ring (bicyclic) bond motifs is 2. The van der Waals surface area contributed by atoms with Crippen molar-refractivity contribution in [3.63, 3.8) is 0 Å². The van der Waals surface area contributed by atoms with Gasteiger partial charge in [0, 0.05) is 36.8 Å². The molecule has 7 rings (SSSR count). The molecule has 0 fully saturated rings. The molecule has 3 aromatic carbocycles. The summed E-state index contributed by atoms with van der Waals surface area (Å²) in [6.07, 6.45) is 1.78. The number of pyridine rings is 1. The first-order chi connectivity index (χ1) is 18.3. The van der Waals surface area contributed by atoms with E-state index in [0.717, 1.165) is 20.8 Å². The molecule has 7 heteroatoms. The summed E-state index contributed by atoms with van der Waals surface area (Å²) in [5, 5.41) is 7.36. The van der Waals surface area contributed by atoms with Gasteiger partial charge in [0.05, 0.1) is 5.69 Å². The van der Waals surface area contributed by atoms with Crippen molar-refractivity contribution in [2.75, 3.05) is 0 Å². The van der Waals surface area contributed by atoms with Gasteiger partial charge in [0.2, 0.25) is 5.88 Å². The van der Waals surface area contributed by atoms with Crippen molar-refractivity contribution >= 4 is 59.3 Å². The smallest absolute Gasteiger partial charge is 0.448 e. The molecule has 0 saturated heterocycles. The number of nitrogens with zero attached hydrogens (tertiary/aromatic N) is 3. The summed E-state index contributed by atoms with van der Waals surface area (Å²) in [6, 6.07) is 39.5. The predicted molar refractivity (Wildman–Crippen MR) is 156 cm³/mol. The molecule has 0 aliphatic carbocycles. The summed E-state index contributed by atoms with van der Waals surface area (Å²) >= 11 is 3.54. The van der Waals surface area contributed by atoms with Crippen LogP contribution in [0, 0.1) is 0 Å². The number of hydrogen-bond acceptors (Lipinski definition) is 5. The molecular formula is C30H20BN3OS2. The van der Waals surface area contributed by atoms with Crippen molar-refractivity contribution < 1.29 is 4.65 Å². The lowest BCUT2D eigenvalue weighted by atomic mass is 9.64. The number of aromatic nitrogens is 3. The normalized spacial score (nSPS) is 11.2. The van der Waals surface area contributed by atoms with E-state index in [1.54, 1.807) is 33.6 Å². The van der Waals surface area contributed by atoms with Crippen LogP contribution in [-0.2, 0) is 0 Å². The number of rotatable bonds is 6. The molecule has 0 radical (unpaired) electrons. The van der Waals surface area contributed by atoms with Gasteiger partial charge in [0.25, 0.3) is 0 Å². The lowest BCUT2D eigenvalue weighted by molar-refractivity contribution is 0.534. The van der Waals surface area contributed by atoms with Gasteiger partial charge >= 0.3 is 6.92 Å². The highest BCUT2D eigenvalue weighted by Gasteiger charge is 2.30. The minimum atomic E-state index is -0.280. The Labute approximate surface area is 222 Å². The molecule has 4 nitrogen and oxygen atoms in total. The van der Waals surface area contributed by atoms with Crippen molar-refractivity contribution in [2.45, 2.75) is 0 Å². The Hall–Kier alpha value is -4.20. The first-order valence-electron chi connectivity index (χ1n) is 12.0. The second-order valence-electron chi connectivity index (χ2n) is 8.70. The Kier molecular flexibility index (Phi) is 5.57. The average Bonchev–Trinajstić information content (AvgIpc) is 3.69. The van der Waals surface area contributed by atoms with Gasteiger partial charge < -0.3 is 4.65 Å². The van der Waals surface area contributed by atoms with Crippen LogP contribution in [0.15, 0.2) is 121 Å². The van der Waals surface area contributed by atoms with Crippen LogP contribution in [0.1, 0.15) is 0 Å². The van der Waals surface area contributed by atoms with Crippen LogP contribution in [0.3, 0.4) is 0 Å². The van der Waals surface area contributed by atoms with Gasteiger partial charge in [0.1, 0.15) is 0 Å². The Balaban J connectivity index is 1.39. The summed E-state index contributed by atoms with van der Waals surface area (Å²) < 4.78 is 13.5. The van der Waals surface area contributed by atoms with Crippen LogP contribution in [-0.4, -0.2) is 21.7 Å². The first kappa shape index (κ1) is 22.0. The van der Waals surface area contributed by atoms with Crippen LogP contribution in [0.25, 0.3) is 37.2 Å². The number of thiophene rings is 2. The summed E-state index contributed by atoms with van der Waals surface area (Å²) in [5.74, 6) is 1.36. The van der Waals surface area contributed by atoms with E-state index < -0.39 is 0 Å². The van der Waals surface area contributed by atoms with Crippen molar-refractivity contribution in [3.05, 3.63) is 121 Å². The van der Waals surface area contributed by atoms with Gasteiger partial charge in [-0.2, -0.15) is 9.78 Å². The van der Waals surface area contributed by atoms with Gasteiger partial charge in [0.15, 0.2) is 5.82 Å². The average molecular weight is 513 g/mol. The molecule has 0 unspecified atom stereocenters. The Morgan fingerprint density at radius 1 is 0.649 bits per heavy atom. The maximum Gasteiger partial charge on any atom is 0.448 e. The van der Waals surface area contributed by atoms with E-state index in [4.69, 9.17) is 9.75 Å². The highest BCUT2D eigenvalue weighted by atomic mass is 32.1. The standard InChI is InChI=1S/C30H20BN3OS2/c1-2-10-21(11-3-1)24-20-30(34(33-24)29-16-8-9-17-32-29)35-31(27-18-22-12-4-6-14-25(22)36-27)28-19-23-13-5-7-15-26(23)37-28/h1-20H. The van der Waals surface area contributed by atoms with Crippen LogP contribution >= 0.6 is 22.7 Å². The van der Waals surface area contributed by atoms with Crippen LogP contribution < -0.4 is 14.2 Å². The third-order valence-electron chi connectivity index (χ3n) is 6.26. The highest BCUT2D eigenvalue weighted by molar-refractivity contribution is 7.36. The molecule has 0 amide bonds. The summed E-state index contributed by atoms with van der Waals surface area (Å²) in [5.41, 5.74) is 1.87. The van der Waals surface area contributed by atoms with Gasteiger partial charge in [-0.05, 0) is 47.2 Å². The zero-order valence-corrected chi connectivity index (χ0v) is 21.3. The minimum Gasteiger partial charge on any atom is -0.536 e. The molecule has 37 heavy (non-hydrogen) atoms. The van der Waals surface area contributed by atoms with Gasteiger partial charge in [-0.25, -0.2) is 4.98 Å². The molecule has 0 aliphatic heterocycles. The fraction of sp³-hybridized carbons (Fsp3) is 0. The zero-order valence-electron chi connectivity index (χ0n) is 19.7. The second kappa shape index (κ2) is 9.35. The molecule has 0 spiro atoms. The van der Waals surface area contributed by atoms with Crippen molar-refractivity contribution in [2.24, 2.45) is 0 Å². The number of benzene rings is 3. The Morgan fingerprint density at radius 3 is 1.89 bits per heavy atom. The fourth-order valence-electron chi connectivity index (χ4n) is 4.48. The fourth-order valence-corrected chi connectivity index (χ4v) is 6.78. The van der Waals surface area contributed by atoms with E-state index >= 15 is 0 Å². The zero-order chi connectivity index (χ0) is 24.6. The van der Waals surface area contributed by atoms with Gasteiger partial charge in [-0.1, -0.05) is 72.8 Å². The monoisotopic (exact) mass is 513 g/mol. The van der Waals surface area contributed by atoms with Crippen molar-refractivity contribution in [1.29, 1.82) is 0 Å². The third kappa shape index (κ3) is 4.22. The van der Waals surface area contributed by atoms with Crippen molar-refractivity contribution in [1.82, 2.24) is 14.8 Å². The molecular weight excluding hydrogens is 493 g/mol. The van der Waals surface area contributed by atoms with E-state index in [1.165, 1.54) is 20.2 Å². The quantitative estimate of drug-likeness (QED) is 0.237. The van der Waals surface area contributed by atoms with Crippen molar-refractivity contribution in [3.8, 4) is 23.0 Å². The van der Waals surface area contributed by atoms with E-state index in [2.05, 4.69) is 77.8 Å². The SMILES string of the molecule is c1ccc(-c2cc(OB(c3cc4ccccc4s3)c3cc4ccccc4s3)n(-c3ccccn3)n2)cc1. The van der Waals surface area contributed by atoms with Crippen LogP contribution in [0.4, 0.5) is 0 Å². The predicted octanol–water partition coefficient (Wildman–Crippen LogP) is 6.55. The Bertz CT molecular complexity index is 1690. The summed E-state index contributed by atoms with van der Waals surface area (Å²) in [6.45, 7) is -0.280. The topological polar surface area (TPSA) is 39.9 Å². The van der Waals surface area contributed by atoms with Crippen LogP contribution in [0.5, 0.6) is 5.88 Å². The minimum absolute atomic E-state index is 0.280. The van der Waals surface area contributed by atoms with Gasteiger partial charge in [-0.3, -0.25) is 0 Å². The van der Waals surface area contributed by atoms with Gasteiger partial charge in [-0.15, -0.1) is 22.7 Å². The lowest BCUT2D eigenvalue weighted by Gasteiger charge is -2.14. The summed E-state index contributed by atoms with van der Waals surface area (Å²) in [4.78, 5) is 4.56. The van der Waals surface area contributed by atoms with E-state index in [-0.39, 0.29) is 6.92 Å².